The fourth-order valence-corrected chi connectivity index (χ4v) is 1.94. The number of aliphatic hydroxyl groups is 1. The molecule has 0 aliphatic rings. The van der Waals surface area contributed by atoms with Crippen LogP contribution in [-0.4, -0.2) is 23.2 Å². The Hall–Kier alpha value is -2.84. The summed E-state index contributed by atoms with van der Waals surface area (Å²) in [4.78, 5) is 12.2. The van der Waals surface area contributed by atoms with E-state index in [1.165, 1.54) is 6.92 Å². The summed E-state index contributed by atoms with van der Waals surface area (Å²) in [5.74, 6) is 0.00679. The molecule has 1 atom stereocenters. The van der Waals surface area contributed by atoms with E-state index in [1.54, 1.807) is 37.3 Å². The molecule has 0 aliphatic carbocycles. The number of carbonyl (C=O) groups is 1. The second-order valence-electron chi connectivity index (χ2n) is 5.47. The summed E-state index contributed by atoms with van der Waals surface area (Å²) >= 11 is 0. The van der Waals surface area contributed by atoms with Crippen LogP contribution in [0, 0.1) is 18.3 Å². The van der Waals surface area contributed by atoms with E-state index in [9.17, 15) is 9.90 Å². The van der Waals surface area contributed by atoms with Crippen molar-refractivity contribution >= 4 is 11.6 Å². The first-order chi connectivity index (χ1) is 10.9. The number of anilines is 1. The van der Waals surface area contributed by atoms with Crippen LogP contribution in [0.5, 0.6) is 5.75 Å². The highest BCUT2D eigenvalue weighted by Gasteiger charge is 2.31. The van der Waals surface area contributed by atoms with E-state index in [2.05, 4.69) is 11.4 Å². The lowest BCUT2D eigenvalue weighted by Gasteiger charge is -2.22. The van der Waals surface area contributed by atoms with Crippen LogP contribution in [0.3, 0.4) is 0 Å². The summed E-state index contributed by atoms with van der Waals surface area (Å²) in [7, 11) is 0. The van der Waals surface area contributed by atoms with Crippen molar-refractivity contribution in [1.29, 1.82) is 5.26 Å². The van der Waals surface area contributed by atoms with Crippen LogP contribution in [0.4, 0.5) is 5.69 Å². The van der Waals surface area contributed by atoms with Crippen molar-refractivity contribution in [1.82, 2.24) is 0 Å². The summed E-state index contributed by atoms with van der Waals surface area (Å²) in [5, 5.41) is 21.8. The fourth-order valence-electron chi connectivity index (χ4n) is 1.94. The Balaban J connectivity index is 2.01. The fraction of sp³-hybridized carbons (Fsp3) is 0.222. The summed E-state index contributed by atoms with van der Waals surface area (Å²) in [6.07, 6.45) is 0. The Morgan fingerprint density at radius 1 is 1.30 bits per heavy atom. The Labute approximate surface area is 135 Å². The number of nitrogens with zero attached hydrogens (tertiary/aromatic N) is 1. The van der Waals surface area contributed by atoms with Crippen molar-refractivity contribution in [2.24, 2.45) is 0 Å². The third kappa shape index (κ3) is 4.31. The van der Waals surface area contributed by atoms with Gasteiger partial charge in [-0.15, -0.1) is 0 Å². The Kier molecular flexibility index (Phi) is 4.99. The minimum absolute atomic E-state index is 0.169. The van der Waals surface area contributed by atoms with Crippen molar-refractivity contribution in [3.63, 3.8) is 0 Å². The van der Waals surface area contributed by atoms with Gasteiger partial charge in [-0.3, -0.25) is 4.79 Å². The number of rotatable bonds is 5. The van der Waals surface area contributed by atoms with E-state index in [1.807, 2.05) is 18.2 Å². The largest absolute Gasteiger partial charge is 0.490 e. The van der Waals surface area contributed by atoms with Gasteiger partial charge in [0.25, 0.3) is 5.91 Å². The van der Waals surface area contributed by atoms with Crippen LogP contribution in [0.15, 0.2) is 48.5 Å². The van der Waals surface area contributed by atoms with Gasteiger partial charge >= 0.3 is 0 Å². The Bertz CT molecular complexity index is 734. The quantitative estimate of drug-likeness (QED) is 0.889. The molecular weight excluding hydrogens is 292 g/mol. The van der Waals surface area contributed by atoms with E-state index < -0.39 is 11.5 Å². The molecule has 0 saturated carbocycles. The molecule has 5 heteroatoms. The minimum Gasteiger partial charge on any atom is -0.490 e. The smallest absolute Gasteiger partial charge is 0.259 e. The van der Waals surface area contributed by atoms with Gasteiger partial charge in [-0.25, -0.2) is 0 Å². The van der Waals surface area contributed by atoms with Crippen molar-refractivity contribution in [2.75, 3.05) is 11.9 Å². The first-order valence-corrected chi connectivity index (χ1v) is 7.15. The maximum absolute atomic E-state index is 12.2. The number of ether oxygens (including phenoxy) is 1. The van der Waals surface area contributed by atoms with Crippen LogP contribution < -0.4 is 10.1 Å². The number of nitriles is 1. The summed E-state index contributed by atoms with van der Waals surface area (Å²) in [5.41, 5.74) is 0.136. The Morgan fingerprint density at radius 2 is 2.00 bits per heavy atom. The molecule has 0 bridgehead atoms. The molecule has 0 radical (unpaired) electrons. The van der Waals surface area contributed by atoms with E-state index in [4.69, 9.17) is 10.00 Å². The van der Waals surface area contributed by atoms with Crippen LogP contribution >= 0.6 is 0 Å². The third-order valence-corrected chi connectivity index (χ3v) is 3.36. The summed E-state index contributed by atoms with van der Waals surface area (Å²) in [6.45, 7) is 3.00. The standard InChI is InChI=1S/C18H18N2O3/c1-13-10-15(9-8-14(13)11-19)20-17(21)18(2,22)12-23-16-6-4-3-5-7-16/h3-10,22H,12H2,1-2H3,(H,20,21). The number of hydrogen-bond acceptors (Lipinski definition) is 4. The lowest BCUT2D eigenvalue weighted by Crippen LogP contribution is -2.45. The number of amides is 1. The molecule has 2 aromatic rings. The molecule has 23 heavy (non-hydrogen) atoms. The molecule has 1 unspecified atom stereocenters. The van der Waals surface area contributed by atoms with Gasteiger partial charge < -0.3 is 15.2 Å². The number of para-hydroxylation sites is 1. The number of carbonyl (C=O) groups excluding carboxylic acids is 1. The zero-order valence-electron chi connectivity index (χ0n) is 13.0. The first-order valence-electron chi connectivity index (χ1n) is 7.15. The maximum Gasteiger partial charge on any atom is 0.259 e. The molecular formula is C18H18N2O3. The van der Waals surface area contributed by atoms with Gasteiger partial charge in [0.2, 0.25) is 0 Å². The minimum atomic E-state index is -1.68. The lowest BCUT2D eigenvalue weighted by molar-refractivity contribution is -0.135. The molecule has 0 fully saturated rings. The van der Waals surface area contributed by atoms with Crippen molar-refractivity contribution in [3.8, 4) is 11.8 Å². The molecule has 2 rings (SSSR count). The third-order valence-electron chi connectivity index (χ3n) is 3.36. The van der Waals surface area contributed by atoms with E-state index in [0.29, 0.717) is 17.0 Å². The van der Waals surface area contributed by atoms with Crippen LogP contribution in [-0.2, 0) is 4.79 Å². The summed E-state index contributed by atoms with van der Waals surface area (Å²) in [6, 6.07) is 16.0. The number of hydrogen-bond donors (Lipinski definition) is 2. The van der Waals surface area contributed by atoms with E-state index >= 15 is 0 Å². The molecule has 0 spiro atoms. The molecule has 118 valence electrons. The average molecular weight is 310 g/mol. The van der Waals surface area contributed by atoms with Gasteiger partial charge in [-0.2, -0.15) is 5.26 Å². The maximum atomic E-state index is 12.2. The number of benzene rings is 2. The van der Waals surface area contributed by atoms with Gasteiger partial charge in [-0.1, -0.05) is 18.2 Å². The number of nitrogens with one attached hydrogen (secondary N) is 1. The molecule has 0 heterocycles. The Morgan fingerprint density at radius 3 is 2.61 bits per heavy atom. The van der Waals surface area contributed by atoms with Crippen LogP contribution in [0.1, 0.15) is 18.1 Å². The van der Waals surface area contributed by atoms with Gasteiger partial charge in [0.05, 0.1) is 11.6 Å². The number of aryl methyl sites for hydroxylation is 1. The normalized spacial score (nSPS) is 12.8. The monoisotopic (exact) mass is 310 g/mol. The average Bonchev–Trinajstić information content (AvgIpc) is 2.54. The van der Waals surface area contributed by atoms with Crippen molar-refractivity contribution in [3.05, 3.63) is 59.7 Å². The van der Waals surface area contributed by atoms with Crippen LogP contribution in [0.2, 0.25) is 0 Å². The highest BCUT2D eigenvalue weighted by Crippen LogP contribution is 2.17. The highest BCUT2D eigenvalue weighted by atomic mass is 16.5. The van der Waals surface area contributed by atoms with Gasteiger partial charge in [-0.05, 0) is 49.7 Å². The second-order valence-corrected chi connectivity index (χ2v) is 5.47. The van der Waals surface area contributed by atoms with Crippen LogP contribution in [0.25, 0.3) is 0 Å². The SMILES string of the molecule is Cc1cc(NC(=O)C(C)(O)COc2ccccc2)ccc1C#N. The molecule has 0 aliphatic heterocycles. The molecule has 2 aromatic carbocycles. The zero-order chi connectivity index (χ0) is 16.9. The van der Waals surface area contributed by atoms with Crippen molar-refractivity contribution < 1.29 is 14.6 Å². The predicted octanol–water partition coefficient (Wildman–Crippen LogP) is 2.64. The lowest BCUT2D eigenvalue weighted by atomic mass is 10.1. The molecule has 0 aromatic heterocycles. The van der Waals surface area contributed by atoms with Crippen molar-refractivity contribution in [2.45, 2.75) is 19.4 Å². The zero-order valence-corrected chi connectivity index (χ0v) is 13.0. The first kappa shape index (κ1) is 16.5. The topological polar surface area (TPSA) is 82.3 Å². The van der Waals surface area contributed by atoms with E-state index in [-0.39, 0.29) is 6.61 Å². The summed E-state index contributed by atoms with van der Waals surface area (Å²) < 4.78 is 5.44. The molecule has 1 amide bonds. The highest BCUT2D eigenvalue weighted by molar-refractivity contribution is 5.97. The molecule has 2 N–H and O–H groups in total. The predicted molar refractivity (Wildman–Crippen MR) is 87.1 cm³/mol. The van der Waals surface area contributed by atoms with Gasteiger partial charge in [0.1, 0.15) is 12.4 Å². The van der Waals surface area contributed by atoms with Gasteiger partial charge in [0.15, 0.2) is 5.60 Å². The molecule has 0 saturated heterocycles. The van der Waals surface area contributed by atoms with Gasteiger partial charge in [0, 0.05) is 5.69 Å². The van der Waals surface area contributed by atoms with E-state index in [0.717, 1.165) is 5.56 Å². The molecule has 5 nitrogen and oxygen atoms in total. The second kappa shape index (κ2) is 6.95.